The predicted octanol–water partition coefficient (Wildman–Crippen LogP) is 1.02. The minimum absolute atomic E-state index is 0.00293. The van der Waals surface area contributed by atoms with Gasteiger partial charge in [-0.1, -0.05) is 76.2 Å². The van der Waals surface area contributed by atoms with Crippen molar-refractivity contribution < 1.29 is 42.3 Å². The van der Waals surface area contributed by atoms with Gasteiger partial charge in [0.2, 0.25) is 41.6 Å². The molecular weight excluding hydrogens is 742 g/mol. The molecule has 1 aliphatic heterocycles. The van der Waals surface area contributed by atoms with Crippen LogP contribution in [-0.2, 0) is 46.4 Å². The van der Waals surface area contributed by atoms with Crippen LogP contribution in [0.15, 0.2) is 60.8 Å². The van der Waals surface area contributed by atoms with Crippen molar-refractivity contribution in [2.24, 2.45) is 11.8 Å². The van der Waals surface area contributed by atoms with Crippen LogP contribution in [0.3, 0.4) is 0 Å². The van der Waals surface area contributed by atoms with Gasteiger partial charge in [-0.25, -0.2) is 8.78 Å². The van der Waals surface area contributed by atoms with Crippen molar-refractivity contribution in [2.75, 3.05) is 6.54 Å². The molecule has 1 fully saturated rings. The number of carbonyl (C=O) groups is 7. The molecule has 1 saturated heterocycles. The number of H-pyrrole nitrogens is 1. The Balaban J connectivity index is 1.67. The fraction of sp³-hybridized carbons (Fsp3) is 0.475. The van der Waals surface area contributed by atoms with Crippen LogP contribution in [0.25, 0.3) is 10.9 Å². The van der Waals surface area contributed by atoms with Crippen molar-refractivity contribution in [3.8, 4) is 0 Å². The lowest BCUT2D eigenvalue weighted by atomic mass is 9.99. The average molecular weight is 795 g/mol. The summed E-state index contributed by atoms with van der Waals surface area (Å²) in [6, 6.07) is 8.25. The van der Waals surface area contributed by atoms with Gasteiger partial charge in [0, 0.05) is 29.9 Å². The SMILES string of the molecule is CC(C)C1NC(=O)C(Cc2ccccc2)NC(=O)[C@@H](C(C)C)NC(=O)[C@@H](C)NC(=O)[C@@H](F)[C@H](F)CNC(=O)[C@@H](Cc2c[nH]c3ccccc23)NC(=O)[C@@H](C)NC1=O. The maximum atomic E-state index is 15.1. The third-order valence-electron chi connectivity index (χ3n) is 9.68. The molecule has 0 bridgehead atoms. The Bertz CT molecular complexity index is 1920. The Morgan fingerprint density at radius 1 is 0.579 bits per heavy atom. The minimum Gasteiger partial charge on any atom is -0.361 e. The molecule has 1 aromatic heterocycles. The number of alkyl halides is 2. The minimum atomic E-state index is -2.81. The first kappa shape index (κ1) is 43.9. The molecule has 0 spiro atoms. The molecular formula is C40H52F2N8O7. The normalized spacial score (nSPS) is 26.8. The second kappa shape index (κ2) is 19.8. The van der Waals surface area contributed by atoms with Crippen LogP contribution in [0.5, 0.6) is 0 Å². The highest BCUT2D eigenvalue weighted by atomic mass is 19.2. The molecule has 8 N–H and O–H groups in total. The molecule has 2 aromatic carbocycles. The van der Waals surface area contributed by atoms with E-state index in [0.29, 0.717) is 11.1 Å². The van der Waals surface area contributed by atoms with Crippen LogP contribution in [0.4, 0.5) is 8.78 Å². The fourth-order valence-corrected chi connectivity index (χ4v) is 6.27. The second-order valence-corrected chi connectivity index (χ2v) is 15.0. The molecule has 7 amide bonds. The Morgan fingerprint density at radius 2 is 1.09 bits per heavy atom. The van der Waals surface area contributed by atoms with Crippen LogP contribution >= 0.6 is 0 Å². The van der Waals surface area contributed by atoms with Crippen molar-refractivity contribution >= 4 is 52.3 Å². The molecule has 3 aromatic rings. The molecule has 2 heterocycles. The number of benzene rings is 2. The predicted molar refractivity (Wildman–Crippen MR) is 208 cm³/mol. The molecule has 308 valence electrons. The van der Waals surface area contributed by atoms with E-state index >= 15 is 8.78 Å². The number of hydrogen-bond donors (Lipinski definition) is 8. The van der Waals surface area contributed by atoms with Gasteiger partial charge in [-0.2, -0.15) is 0 Å². The van der Waals surface area contributed by atoms with E-state index in [9.17, 15) is 33.6 Å². The number of nitrogens with one attached hydrogen (secondary N) is 8. The van der Waals surface area contributed by atoms with Crippen LogP contribution in [0, 0.1) is 11.8 Å². The first-order valence-electron chi connectivity index (χ1n) is 18.9. The van der Waals surface area contributed by atoms with Crippen molar-refractivity contribution in [3.05, 3.63) is 71.9 Å². The van der Waals surface area contributed by atoms with E-state index in [4.69, 9.17) is 0 Å². The topological polar surface area (TPSA) is 219 Å². The quantitative estimate of drug-likeness (QED) is 0.181. The highest BCUT2D eigenvalue weighted by molar-refractivity contribution is 5.97. The maximum Gasteiger partial charge on any atom is 0.258 e. The van der Waals surface area contributed by atoms with Crippen LogP contribution in [0.2, 0.25) is 0 Å². The molecule has 0 radical (unpaired) electrons. The average Bonchev–Trinajstić information content (AvgIpc) is 3.58. The summed E-state index contributed by atoms with van der Waals surface area (Å²) >= 11 is 0. The molecule has 0 aliphatic carbocycles. The van der Waals surface area contributed by atoms with E-state index in [1.54, 1.807) is 82.4 Å². The maximum absolute atomic E-state index is 15.1. The van der Waals surface area contributed by atoms with Gasteiger partial charge < -0.3 is 42.2 Å². The zero-order chi connectivity index (χ0) is 42.0. The highest BCUT2D eigenvalue weighted by Crippen LogP contribution is 2.19. The Hall–Kier alpha value is -5.87. The molecule has 57 heavy (non-hydrogen) atoms. The summed E-state index contributed by atoms with van der Waals surface area (Å²) in [6.45, 7) is 8.25. The monoisotopic (exact) mass is 794 g/mol. The van der Waals surface area contributed by atoms with E-state index in [1.165, 1.54) is 13.8 Å². The zero-order valence-corrected chi connectivity index (χ0v) is 32.8. The Labute approximate surface area is 329 Å². The Morgan fingerprint density at radius 3 is 1.72 bits per heavy atom. The highest BCUT2D eigenvalue weighted by Gasteiger charge is 2.36. The molecule has 1 aliphatic rings. The molecule has 4 rings (SSSR count). The summed E-state index contributed by atoms with van der Waals surface area (Å²) in [5, 5.41) is 18.2. The molecule has 0 saturated carbocycles. The summed E-state index contributed by atoms with van der Waals surface area (Å²) in [7, 11) is 0. The first-order chi connectivity index (χ1) is 27.0. The number of rotatable bonds is 6. The molecule has 8 atom stereocenters. The second-order valence-electron chi connectivity index (χ2n) is 15.0. The standard InChI is InChI=1S/C40H52F2N8O7/c1-20(2)32-39(56)46-22(5)34(51)47-30(17-25-18-43-28-15-11-10-14-26(25)28)36(53)44-19-27(41)31(42)38(55)45-23(6)35(52)49-33(21(3)4)40(57)48-29(37(54)50-32)16-24-12-8-7-9-13-24/h7-15,18,20-23,27,29-33,43H,16-17,19H2,1-6H3,(H,44,53)(H,45,55)(H,46,56)(H,47,51)(H,48,57)(H,49,52)(H,50,54)/t22-,23-,27-,29?,30-,31+,32?,33-/m1/s1. The van der Waals surface area contributed by atoms with Gasteiger partial charge in [0.25, 0.3) is 5.91 Å². The van der Waals surface area contributed by atoms with Crippen molar-refractivity contribution in [2.45, 2.75) is 103 Å². The molecule has 17 heteroatoms. The summed E-state index contributed by atoms with van der Waals surface area (Å²) in [4.78, 5) is 97.4. The van der Waals surface area contributed by atoms with Gasteiger partial charge in [-0.3, -0.25) is 33.6 Å². The van der Waals surface area contributed by atoms with Gasteiger partial charge in [0.15, 0.2) is 6.17 Å². The third kappa shape index (κ3) is 11.8. The van der Waals surface area contributed by atoms with Gasteiger partial charge >= 0.3 is 0 Å². The smallest absolute Gasteiger partial charge is 0.258 e. The third-order valence-corrected chi connectivity index (χ3v) is 9.68. The largest absolute Gasteiger partial charge is 0.361 e. The fourth-order valence-electron chi connectivity index (χ4n) is 6.27. The van der Waals surface area contributed by atoms with Crippen LogP contribution in [0.1, 0.15) is 52.7 Å². The van der Waals surface area contributed by atoms with Gasteiger partial charge in [0.1, 0.15) is 36.3 Å². The van der Waals surface area contributed by atoms with Gasteiger partial charge in [-0.15, -0.1) is 0 Å². The van der Waals surface area contributed by atoms with Gasteiger partial charge in [0.05, 0.1) is 6.54 Å². The van der Waals surface area contributed by atoms with E-state index in [0.717, 1.165) is 10.9 Å². The van der Waals surface area contributed by atoms with Crippen molar-refractivity contribution in [1.29, 1.82) is 0 Å². The van der Waals surface area contributed by atoms with Crippen LogP contribution in [-0.4, -0.2) is 101 Å². The molecule has 15 nitrogen and oxygen atoms in total. The first-order valence-corrected chi connectivity index (χ1v) is 18.9. The molecule has 2 unspecified atom stereocenters. The van der Waals surface area contributed by atoms with Crippen LogP contribution < -0.4 is 37.2 Å². The summed E-state index contributed by atoms with van der Waals surface area (Å²) in [5.41, 5.74) is 2.04. The van der Waals surface area contributed by atoms with Gasteiger partial charge in [-0.05, 0) is 42.9 Å². The number of aromatic amines is 1. The number of fused-ring (bicyclic) bond motifs is 1. The van der Waals surface area contributed by atoms with E-state index in [-0.39, 0.29) is 12.8 Å². The Kier molecular flexibility index (Phi) is 15.3. The van der Waals surface area contributed by atoms with E-state index < -0.39 is 108 Å². The summed E-state index contributed by atoms with van der Waals surface area (Å²) < 4.78 is 30.3. The zero-order valence-electron chi connectivity index (χ0n) is 32.8. The lowest BCUT2D eigenvalue weighted by molar-refractivity contribution is -0.136. The number of para-hydroxylation sites is 1. The number of aromatic nitrogens is 1. The number of carbonyl (C=O) groups excluding carboxylic acids is 7. The number of halogens is 2. The van der Waals surface area contributed by atoms with Crippen molar-refractivity contribution in [3.63, 3.8) is 0 Å². The number of amides is 7. The van der Waals surface area contributed by atoms with E-state index in [2.05, 4.69) is 42.2 Å². The summed E-state index contributed by atoms with van der Waals surface area (Å²) in [5.74, 6) is -7.32. The van der Waals surface area contributed by atoms with Crippen molar-refractivity contribution in [1.82, 2.24) is 42.2 Å². The lowest BCUT2D eigenvalue weighted by Gasteiger charge is -2.29. The number of hydrogen-bond acceptors (Lipinski definition) is 7. The van der Waals surface area contributed by atoms with E-state index in [1.807, 2.05) is 6.07 Å². The summed E-state index contributed by atoms with van der Waals surface area (Å²) in [6.07, 6.45) is -3.82. The lowest BCUT2D eigenvalue weighted by Crippen LogP contribution is -2.61.